The van der Waals surface area contributed by atoms with E-state index >= 15 is 0 Å². The van der Waals surface area contributed by atoms with Crippen LogP contribution in [0.1, 0.15) is 32.3 Å². The van der Waals surface area contributed by atoms with E-state index in [0.29, 0.717) is 5.92 Å². The van der Waals surface area contributed by atoms with E-state index in [-0.39, 0.29) is 11.9 Å². The van der Waals surface area contributed by atoms with Crippen LogP contribution in [-0.4, -0.2) is 19.1 Å². The summed E-state index contributed by atoms with van der Waals surface area (Å²) in [5, 5.41) is 0. The third-order valence-electron chi connectivity index (χ3n) is 3.79. The first kappa shape index (κ1) is 13.3. The number of nitrogens with two attached hydrogens (primary N) is 1. The fourth-order valence-electron chi connectivity index (χ4n) is 2.79. The van der Waals surface area contributed by atoms with Crippen LogP contribution in [0.5, 0.6) is 0 Å². The van der Waals surface area contributed by atoms with E-state index < -0.39 is 0 Å². The highest BCUT2D eigenvalue weighted by Gasteiger charge is 2.25. The average molecular weight is 250 g/mol. The Labute approximate surface area is 109 Å². The first-order valence-electron chi connectivity index (χ1n) is 6.89. The lowest BCUT2D eigenvalue weighted by atomic mass is 10.0. The van der Waals surface area contributed by atoms with E-state index in [4.69, 9.17) is 5.73 Å². The van der Waals surface area contributed by atoms with Crippen molar-refractivity contribution < 1.29 is 4.39 Å². The van der Waals surface area contributed by atoms with Crippen LogP contribution in [-0.2, 0) is 6.42 Å². The second-order valence-electron chi connectivity index (χ2n) is 5.44. The number of halogens is 1. The molecule has 1 saturated heterocycles. The molecule has 1 heterocycles. The van der Waals surface area contributed by atoms with E-state index in [1.165, 1.54) is 12.8 Å². The summed E-state index contributed by atoms with van der Waals surface area (Å²) in [5.41, 5.74) is 7.68. The molecule has 0 aromatic heterocycles. The Balaban J connectivity index is 2.25. The molecule has 1 aromatic carbocycles. The lowest BCUT2D eigenvalue weighted by Crippen LogP contribution is -2.25. The van der Waals surface area contributed by atoms with Gasteiger partial charge < -0.3 is 10.6 Å². The van der Waals surface area contributed by atoms with Crippen molar-refractivity contribution in [2.24, 2.45) is 11.7 Å². The van der Waals surface area contributed by atoms with Gasteiger partial charge in [0.15, 0.2) is 0 Å². The highest BCUT2D eigenvalue weighted by molar-refractivity contribution is 5.56. The molecule has 0 aliphatic carbocycles. The zero-order valence-electron chi connectivity index (χ0n) is 11.3. The third-order valence-corrected chi connectivity index (χ3v) is 3.79. The minimum atomic E-state index is -0.107. The van der Waals surface area contributed by atoms with E-state index in [1.807, 2.05) is 13.0 Å². The largest absolute Gasteiger partial charge is 0.369 e. The molecule has 3 heteroatoms. The molecule has 0 radical (unpaired) electrons. The number of hydrogen-bond acceptors (Lipinski definition) is 2. The van der Waals surface area contributed by atoms with Crippen molar-refractivity contribution in [1.29, 1.82) is 0 Å². The molecule has 100 valence electrons. The van der Waals surface area contributed by atoms with Crippen molar-refractivity contribution in [2.75, 3.05) is 18.0 Å². The normalized spacial score (nSPS) is 21.3. The molecular weight excluding hydrogens is 227 g/mol. The average Bonchev–Trinajstić information content (AvgIpc) is 2.76. The molecule has 2 atom stereocenters. The van der Waals surface area contributed by atoms with Gasteiger partial charge in [-0.2, -0.15) is 0 Å². The summed E-state index contributed by atoms with van der Waals surface area (Å²) in [6.07, 6.45) is 3.08. The number of anilines is 1. The van der Waals surface area contributed by atoms with Crippen molar-refractivity contribution in [3.8, 4) is 0 Å². The molecular formula is C15H23FN2. The van der Waals surface area contributed by atoms with Crippen LogP contribution in [0.2, 0.25) is 0 Å². The van der Waals surface area contributed by atoms with Gasteiger partial charge in [0.2, 0.25) is 0 Å². The Hall–Kier alpha value is -1.09. The van der Waals surface area contributed by atoms with Crippen LogP contribution in [0.4, 0.5) is 10.1 Å². The Bertz CT molecular complexity index is 403. The maximum atomic E-state index is 14.1. The topological polar surface area (TPSA) is 29.3 Å². The minimum Gasteiger partial charge on any atom is -0.369 e. The Kier molecular flexibility index (Phi) is 4.23. The summed E-state index contributed by atoms with van der Waals surface area (Å²) in [6.45, 7) is 6.11. The number of rotatable bonds is 4. The van der Waals surface area contributed by atoms with Crippen LogP contribution >= 0.6 is 0 Å². The van der Waals surface area contributed by atoms with Gasteiger partial charge in [-0.1, -0.05) is 25.5 Å². The lowest BCUT2D eigenvalue weighted by molar-refractivity contribution is 0.566. The van der Waals surface area contributed by atoms with Crippen LogP contribution in [0.25, 0.3) is 0 Å². The van der Waals surface area contributed by atoms with Gasteiger partial charge in [0.05, 0.1) is 5.69 Å². The minimum absolute atomic E-state index is 0.0649. The molecule has 0 spiro atoms. The molecule has 2 N–H and O–H groups in total. The molecule has 1 fully saturated rings. The molecule has 1 aliphatic heterocycles. The summed E-state index contributed by atoms with van der Waals surface area (Å²) >= 11 is 0. The number of nitrogens with zero attached hydrogens (tertiary/aromatic N) is 1. The fourth-order valence-corrected chi connectivity index (χ4v) is 2.79. The van der Waals surface area contributed by atoms with E-state index in [1.54, 1.807) is 12.1 Å². The Morgan fingerprint density at radius 1 is 1.50 bits per heavy atom. The molecule has 2 unspecified atom stereocenters. The van der Waals surface area contributed by atoms with Gasteiger partial charge in [0.1, 0.15) is 5.82 Å². The van der Waals surface area contributed by atoms with Gasteiger partial charge in [-0.3, -0.25) is 0 Å². The van der Waals surface area contributed by atoms with E-state index in [0.717, 1.165) is 30.8 Å². The van der Waals surface area contributed by atoms with Gasteiger partial charge in [-0.15, -0.1) is 0 Å². The molecule has 18 heavy (non-hydrogen) atoms. The number of para-hydroxylation sites is 1. The third kappa shape index (κ3) is 2.83. The number of hydrogen-bond donors (Lipinski definition) is 1. The predicted molar refractivity (Wildman–Crippen MR) is 74.4 cm³/mol. The standard InChI is InChI=1S/C15H23FN2/c1-3-12-7-8-18(10-12)15-13(9-11(2)17)5-4-6-14(15)16/h4-6,11-12H,3,7-10,17H2,1-2H3. The van der Waals surface area contributed by atoms with Gasteiger partial charge >= 0.3 is 0 Å². The van der Waals surface area contributed by atoms with Gasteiger partial charge in [0.25, 0.3) is 0 Å². The van der Waals surface area contributed by atoms with Crippen LogP contribution in [0.15, 0.2) is 18.2 Å². The van der Waals surface area contributed by atoms with Crippen molar-refractivity contribution in [2.45, 2.75) is 39.2 Å². The maximum absolute atomic E-state index is 14.1. The fraction of sp³-hybridized carbons (Fsp3) is 0.600. The van der Waals surface area contributed by atoms with Crippen LogP contribution in [0.3, 0.4) is 0 Å². The Morgan fingerprint density at radius 2 is 2.28 bits per heavy atom. The first-order chi connectivity index (χ1) is 8.61. The number of benzene rings is 1. The summed E-state index contributed by atoms with van der Waals surface area (Å²) in [4.78, 5) is 2.20. The molecule has 2 nitrogen and oxygen atoms in total. The highest BCUT2D eigenvalue weighted by Crippen LogP contribution is 2.31. The Morgan fingerprint density at radius 3 is 2.89 bits per heavy atom. The molecule has 0 saturated carbocycles. The van der Waals surface area contributed by atoms with Crippen molar-refractivity contribution in [3.05, 3.63) is 29.6 Å². The smallest absolute Gasteiger partial charge is 0.146 e. The summed E-state index contributed by atoms with van der Waals surface area (Å²) in [5.74, 6) is 0.595. The molecule has 0 bridgehead atoms. The summed E-state index contributed by atoms with van der Waals surface area (Å²) < 4.78 is 14.1. The summed E-state index contributed by atoms with van der Waals surface area (Å²) in [7, 11) is 0. The maximum Gasteiger partial charge on any atom is 0.146 e. The second kappa shape index (κ2) is 5.70. The lowest BCUT2D eigenvalue weighted by Gasteiger charge is -2.23. The van der Waals surface area contributed by atoms with E-state index in [9.17, 15) is 4.39 Å². The second-order valence-corrected chi connectivity index (χ2v) is 5.44. The van der Waals surface area contributed by atoms with Gasteiger partial charge in [-0.25, -0.2) is 4.39 Å². The zero-order valence-corrected chi connectivity index (χ0v) is 11.3. The highest BCUT2D eigenvalue weighted by atomic mass is 19.1. The van der Waals surface area contributed by atoms with Crippen molar-refractivity contribution in [1.82, 2.24) is 0 Å². The van der Waals surface area contributed by atoms with Crippen molar-refractivity contribution >= 4 is 5.69 Å². The van der Waals surface area contributed by atoms with Crippen LogP contribution in [0, 0.1) is 11.7 Å². The summed E-state index contributed by atoms with van der Waals surface area (Å²) in [6, 6.07) is 5.40. The molecule has 1 aliphatic rings. The first-order valence-corrected chi connectivity index (χ1v) is 6.89. The van der Waals surface area contributed by atoms with Crippen molar-refractivity contribution in [3.63, 3.8) is 0 Å². The quantitative estimate of drug-likeness (QED) is 0.890. The molecule has 2 rings (SSSR count). The molecule has 0 amide bonds. The molecule has 1 aromatic rings. The monoisotopic (exact) mass is 250 g/mol. The van der Waals surface area contributed by atoms with Gasteiger partial charge in [0, 0.05) is 19.1 Å². The van der Waals surface area contributed by atoms with E-state index in [2.05, 4.69) is 11.8 Å². The van der Waals surface area contributed by atoms with Crippen LogP contribution < -0.4 is 10.6 Å². The zero-order chi connectivity index (χ0) is 13.1. The SMILES string of the molecule is CCC1CCN(c2c(F)cccc2CC(C)N)C1. The predicted octanol–water partition coefficient (Wildman–Crippen LogP) is 2.95. The van der Waals surface area contributed by atoms with Gasteiger partial charge in [-0.05, 0) is 37.3 Å².